The number of carbonyl (C=O) groups excluding carboxylic acids is 1. The standard InChI is InChI=1S/C15H18ClNO5/c16-11-4-1-2-5-13(11)22-8-3-6-14(18)17-7-9-21-10-12(17)15(19)20/h1-2,4-5,12H,3,6-10H2,(H,19,20)/t12-/m1/s1. The van der Waals surface area contributed by atoms with Gasteiger partial charge in [0.05, 0.1) is 24.8 Å². The van der Waals surface area contributed by atoms with Gasteiger partial charge in [-0.3, -0.25) is 4.79 Å². The van der Waals surface area contributed by atoms with E-state index in [4.69, 9.17) is 26.2 Å². The molecule has 1 saturated heterocycles. The highest BCUT2D eigenvalue weighted by Gasteiger charge is 2.32. The maximum absolute atomic E-state index is 12.1. The fourth-order valence-electron chi connectivity index (χ4n) is 2.22. The van der Waals surface area contributed by atoms with E-state index in [1.807, 2.05) is 12.1 Å². The molecule has 0 bridgehead atoms. The van der Waals surface area contributed by atoms with Gasteiger partial charge in [-0.1, -0.05) is 23.7 Å². The number of benzene rings is 1. The molecule has 120 valence electrons. The van der Waals surface area contributed by atoms with Gasteiger partial charge in [0.15, 0.2) is 6.04 Å². The van der Waals surface area contributed by atoms with Crippen LogP contribution in [0.3, 0.4) is 0 Å². The fraction of sp³-hybridized carbons (Fsp3) is 0.467. The molecule has 1 heterocycles. The number of ether oxygens (including phenoxy) is 2. The highest BCUT2D eigenvalue weighted by atomic mass is 35.5. The minimum absolute atomic E-state index is 0.0389. The van der Waals surface area contributed by atoms with E-state index in [0.29, 0.717) is 37.0 Å². The summed E-state index contributed by atoms with van der Waals surface area (Å²) in [5, 5.41) is 9.62. The van der Waals surface area contributed by atoms with Crippen LogP contribution in [0.4, 0.5) is 0 Å². The number of nitrogens with zero attached hydrogens (tertiary/aromatic N) is 1. The molecule has 1 aliphatic rings. The summed E-state index contributed by atoms with van der Waals surface area (Å²) < 4.78 is 10.6. The van der Waals surface area contributed by atoms with Crippen LogP contribution in [0.15, 0.2) is 24.3 Å². The van der Waals surface area contributed by atoms with Gasteiger partial charge < -0.3 is 19.5 Å². The Morgan fingerprint density at radius 1 is 1.41 bits per heavy atom. The van der Waals surface area contributed by atoms with Crippen molar-refractivity contribution in [2.75, 3.05) is 26.4 Å². The van der Waals surface area contributed by atoms with Crippen molar-refractivity contribution in [3.05, 3.63) is 29.3 Å². The fourth-order valence-corrected chi connectivity index (χ4v) is 2.41. The topological polar surface area (TPSA) is 76.1 Å². The van der Waals surface area contributed by atoms with E-state index in [0.717, 1.165) is 0 Å². The van der Waals surface area contributed by atoms with Crippen molar-refractivity contribution in [3.63, 3.8) is 0 Å². The second-order valence-electron chi connectivity index (χ2n) is 4.90. The summed E-state index contributed by atoms with van der Waals surface area (Å²) in [5.41, 5.74) is 0. The molecular formula is C15H18ClNO5. The first-order valence-electron chi connectivity index (χ1n) is 7.07. The Labute approximate surface area is 133 Å². The molecule has 0 spiro atoms. The third-order valence-corrected chi connectivity index (χ3v) is 3.68. The zero-order chi connectivity index (χ0) is 15.9. The molecule has 1 N–H and O–H groups in total. The van der Waals surface area contributed by atoms with Crippen LogP contribution >= 0.6 is 11.6 Å². The van der Waals surface area contributed by atoms with Gasteiger partial charge in [-0.25, -0.2) is 4.79 Å². The molecule has 0 radical (unpaired) electrons. The smallest absolute Gasteiger partial charge is 0.328 e. The lowest BCUT2D eigenvalue weighted by atomic mass is 10.2. The van der Waals surface area contributed by atoms with Crippen molar-refractivity contribution < 1.29 is 24.2 Å². The van der Waals surface area contributed by atoms with Gasteiger partial charge in [-0.15, -0.1) is 0 Å². The maximum atomic E-state index is 12.1. The molecule has 1 aromatic rings. The number of hydrogen-bond donors (Lipinski definition) is 1. The van der Waals surface area contributed by atoms with E-state index < -0.39 is 12.0 Å². The van der Waals surface area contributed by atoms with Crippen LogP contribution in [-0.4, -0.2) is 54.3 Å². The van der Waals surface area contributed by atoms with Gasteiger partial charge >= 0.3 is 5.97 Å². The number of amides is 1. The number of carboxylic acids is 1. The molecular weight excluding hydrogens is 310 g/mol. The van der Waals surface area contributed by atoms with Gasteiger partial charge in [-0.05, 0) is 18.6 Å². The van der Waals surface area contributed by atoms with Crippen LogP contribution in [0.1, 0.15) is 12.8 Å². The largest absolute Gasteiger partial charge is 0.492 e. The Hall–Kier alpha value is -1.79. The van der Waals surface area contributed by atoms with Crippen molar-refractivity contribution >= 4 is 23.5 Å². The molecule has 1 amide bonds. The Morgan fingerprint density at radius 2 is 2.18 bits per heavy atom. The Balaban J connectivity index is 1.77. The van der Waals surface area contributed by atoms with Crippen molar-refractivity contribution in [1.29, 1.82) is 0 Å². The quantitative estimate of drug-likeness (QED) is 0.806. The van der Waals surface area contributed by atoms with Crippen LogP contribution < -0.4 is 4.74 Å². The van der Waals surface area contributed by atoms with Crippen LogP contribution in [0, 0.1) is 0 Å². The highest BCUT2D eigenvalue weighted by Crippen LogP contribution is 2.23. The molecule has 0 aromatic heterocycles. The van der Waals surface area contributed by atoms with E-state index >= 15 is 0 Å². The van der Waals surface area contributed by atoms with Crippen molar-refractivity contribution in [2.24, 2.45) is 0 Å². The third-order valence-electron chi connectivity index (χ3n) is 3.36. The lowest BCUT2D eigenvalue weighted by Crippen LogP contribution is -2.52. The first-order chi connectivity index (χ1) is 10.6. The lowest BCUT2D eigenvalue weighted by Gasteiger charge is -2.32. The zero-order valence-corrected chi connectivity index (χ0v) is 12.8. The molecule has 6 nitrogen and oxygen atoms in total. The summed E-state index contributed by atoms with van der Waals surface area (Å²) in [6, 6.07) is 6.21. The second-order valence-corrected chi connectivity index (χ2v) is 5.31. The molecule has 0 aliphatic carbocycles. The summed E-state index contributed by atoms with van der Waals surface area (Å²) in [6.07, 6.45) is 0.724. The van der Waals surface area contributed by atoms with Crippen LogP contribution in [0.2, 0.25) is 5.02 Å². The zero-order valence-electron chi connectivity index (χ0n) is 12.0. The van der Waals surface area contributed by atoms with Crippen LogP contribution in [0.25, 0.3) is 0 Å². The van der Waals surface area contributed by atoms with Gasteiger partial charge in [0, 0.05) is 13.0 Å². The maximum Gasteiger partial charge on any atom is 0.328 e. The highest BCUT2D eigenvalue weighted by molar-refractivity contribution is 6.32. The van der Waals surface area contributed by atoms with Gasteiger partial charge in [0.25, 0.3) is 0 Å². The predicted molar refractivity (Wildman–Crippen MR) is 80.1 cm³/mol. The Kier molecular flexibility index (Phi) is 6.03. The molecule has 1 fully saturated rings. The summed E-state index contributed by atoms with van der Waals surface area (Å²) in [6.45, 7) is 1.06. The molecule has 2 rings (SSSR count). The van der Waals surface area contributed by atoms with E-state index in [2.05, 4.69) is 0 Å². The van der Waals surface area contributed by atoms with E-state index in [1.165, 1.54) is 4.90 Å². The summed E-state index contributed by atoms with van der Waals surface area (Å²) >= 11 is 5.96. The molecule has 0 unspecified atom stereocenters. The number of halogens is 1. The lowest BCUT2D eigenvalue weighted by molar-refractivity contribution is -0.158. The first-order valence-corrected chi connectivity index (χ1v) is 7.44. The average molecular weight is 328 g/mol. The van der Waals surface area contributed by atoms with Gasteiger partial charge in [0.2, 0.25) is 5.91 Å². The van der Waals surface area contributed by atoms with E-state index in [9.17, 15) is 9.59 Å². The SMILES string of the molecule is O=C(O)[C@H]1COCCN1C(=O)CCCOc1ccccc1Cl. The minimum Gasteiger partial charge on any atom is -0.492 e. The van der Waals surface area contributed by atoms with E-state index in [-0.39, 0.29) is 18.9 Å². The van der Waals surface area contributed by atoms with Crippen LogP contribution in [0.5, 0.6) is 5.75 Å². The number of hydrogen-bond acceptors (Lipinski definition) is 4. The normalized spacial score (nSPS) is 18.0. The second kappa shape index (κ2) is 8.00. The number of carboxylic acid groups (broad SMARTS) is 1. The summed E-state index contributed by atoms with van der Waals surface area (Å²) in [5.74, 6) is -0.662. The summed E-state index contributed by atoms with van der Waals surface area (Å²) in [4.78, 5) is 24.6. The van der Waals surface area contributed by atoms with Crippen LogP contribution in [-0.2, 0) is 14.3 Å². The Morgan fingerprint density at radius 3 is 2.91 bits per heavy atom. The monoisotopic (exact) mass is 327 g/mol. The minimum atomic E-state index is -1.04. The van der Waals surface area contributed by atoms with Gasteiger partial charge in [-0.2, -0.15) is 0 Å². The molecule has 7 heteroatoms. The van der Waals surface area contributed by atoms with Gasteiger partial charge in [0.1, 0.15) is 5.75 Å². The molecule has 22 heavy (non-hydrogen) atoms. The van der Waals surface area contributed by atoms with E-state index in [1.54, 1.807) is 12.1 Å². The molecule has 1 atom stereocenters. The van der Waals surface area contributed by atoms with Crippen molar-refractivity contribution in [3.8, 4) is 5.75 Å². The third kappa shape index (κ3) is 4.35. The number of morpholine rings is 1. The molecule has 0 saturated carbocycles. The number of carbonyl (C=O) groups is 2. The molecule has 1 aliphatic heterocycles. The first kappa shape index (κ1) is 16.6. The number of aliphatic carboxylic acids is 1. The average Bonchev–Trinajstić information content (AvgIpc) is 2.52. The number of para-hydroxylation sites is 1. The predicted octanol–water partition coefficient (Wildman–Crippen LogP) is 1.81. The molecule has 1 aromatic carbocycles. The summed E-state index contributed by atoms with van der Waals surface area (Å²) in [7, 11) is 0. The number of rotatable bonds is 6. The van der Waals surface area contributed by atoms with Crippen molar-refractivity contribution in [2.45, 2.75) is 18.9 Å². The Bertz CT molecular complexity index is 536. The van der Waals surface area contributed by atoms with Crippen molar-refractivity contribution in [1.82, 2.24) is 4.90 Å².